The van der Waals surface area contributed by atoms with Crippen molar-refractivity contribution in [1.82, 2.24) is 5.32 Å². The monoisotopic (exact) mass is 374 g/mol. The van der Waals surface area contributed by atoms with Gasteiger partial charge in [-0.2, -0.15) is 0 Å². The van der Waals surface area contributed by atoms with E-state index in [0.29, 0.717) is 29.4 Å². The maximum absolute atomic E-state index is 12.2. The SMILES string of the molecule is O=C1CN(c2ccc(NC(=O)c3ccc([N+](=O)[O-])cc3)cc2Cl)CCN1. The Bertz CT molecular complexity index is 870. The number of piperazine rings is 1. The molecule has 0 bridgehead atoms. The van der Waals surface area contributed by atoms with Gasteiger partial charge in [-0.25, -0.2) is 0 Å². The van der Waals surface area contributed by atoms with E-state index in [2.05, 4.69) is 10.6 Å². The second kappa shape index (κ2) is 7.40. The first-order chi connectivity index (χ1) is 12.4. The third-order valence-electron chi connectivity index (χ3n) is 3.92. The van der Waals surface area contributed by atoms with Crippen LogP contribution in [-0.4, -0.2) is 36.4 Å². The third kappa shape index (κ3) is 3.92. The topological polar surface area (TPSA) is 105 Å². The van der Waals surface area contributed by atoms with E-state index in [1.54, 1.807) is 18.2 Å². The largest absolute Gasteiger partial charge is 0.359 e. The van der Waals surface area contributed by atoms with Gasteiger partial charge in [0.2, 0.25) is 5.91 Å². The Morgan fingerprint density at radius 1 is 1.23 bits per heavy atom. The Morgan fingerprint density at radius 2 is 1.96 bits per heavy atom. The smallest absolute Gasteiger partial charge is 0.269 e. The van der Waals surface area contributed by atoms with Crippen molar-refractivity contribution < 1.29 is 14.5 Å². The van der Waals surface area contributed by atoms with E-state index in [1.165, 1.54) is 24.3 Å². The lowest BCUT2D eigenvalue weighted by Gasteiger charge is -2.29. The van der Waals surface area contributed by atoms with E-state index < -0.39 is 10.8 Å². The van der Waals surface area contributed by atoms with Crippen LogP contribution in [0.1, 0.15) is 10.4 Å². The molecule has 2 N–H and O–H groups in total. The number of benzene rings is 2. The molecule has 0 saturated carbocycles. The third-order valence-corrected chi connectivity index (χ3v) is 4.23. The molecule has 0 radical (unpaired) electrons. The second-order valence-corrected chi connectivity index (χ2v) is 6.10. The van der Waals surface area contributed by atoms with E-state index >= 15 is 0 Å². The van der Waals surface area contributed by atoms with Crippen LogP contribution in [0.4, 0.5) is 17.1 Å². The molecule has 0 atom stereocenters. The molecule has 1 fully saturated rings. The van der Waals surface area contributed by atoms with Crippen molar-refractivity contribution in [3.63, 3.8) is 0 Å². The number of non-ortho nitro benzene ring substituents is 1. The lowest BCUT2D eigenvalue weighted by atomic mass is 10.2. The highest BCUT2D eigenvalue weighted by Gasteiger charge is 2.19. The molecule has 0 spiro atoms. The first kappa shape index (κ1) is 17.7. The van der Waals surface area contributed by atoms with Gasteiger partial charge in [0.25, 0.3) is 11.6 Å². The molecular weight excluding hydrogens is 360 g/mol. The molecule has 1 aliphatic rings. The summed E-state index contributed by atoms with van der Waals surface area (Å²) >= 11 is 6.30. The highest BCUT2D eigenvalue weighted by Crippen LogP contribution is 2.29. The van der Waals surface area contributed by atoms with E-state index in [1.807, 2.05) is 4.90 Å². The summed E-state index contributed by atoms with van der Waals surface area (Å²) in [6.07, 6.45) is 0. The molecule has 9 heteroatoms. The van der Waals surface area contributed by atoms with Gasteiger partial charge in [0.1, 0.15) is 0 Å². The molecule has 8 nitrogen and oxygen atoms in total. The van der Waals surface area contributed by atoms with Crippen molar-refractivity contribution >= 4 is 40.5 Å². The summed E-state index contributed by atoms with van der Waals surface area (Å²) in [5, 5.41) is 16.5. The molecule has 2 aromatic carbocycles. The molecule has 26 heavy (non-hydrogen) atoms. The van der Waals surface area contributed by atoms with Crippen LogP contribution in [0, 0.1) is 10.1 Å². The van der Waals surface area contributed by atoms with Crippen molar-refractivity contribution in [2.24, 2.45) is 0 Å². The van der Waals surface area contributed by atoms with Crippen LogP contribution in [0.25, 0.3) is 0 Å². The lowest BCUT2D eigenvalue weighted by molar-refractivity contribution is -0.384. The number of halogens is 1. The zero-order chi connectivity index (χ0) is 18.7. The number of nitrogens with one attached hydrogen (secondary N) is 2. The number of carbonyl (C=O) groups excluding carboxylic acids is 2. The summed E-state index contributed by atoms with van der Waals surface area (Å²) in [5.41, 5.74) is 1.42. The maximum atomic E-state index is 12.2. The summed E-state index contributed by atoms with van der Waals surface area (Å²) < 4.78 is 0. The summed E-state index contributed by atoms with van der Waals surface area (Å²) in [6, 6.07) is 10.3. The zero-order valence-corrected chi connectivity index (χ0v) is 14.3. The van der Waals surface area contributed by atoms with Gasteiger partial charge >= 0.3 is 0 Å². The Kier molecular flexibility index (Phi) is 5.04. The van der Waals surface area contributed by atoms with Gasteiger partial charge in [-0.15, -0.1) is 0 Å². The number of anilines is 2. The van der Waals surface area contributed by atoms with Crippen LogP contribution in [0.3, 0.4) is 0 Å². The summed E-state index contributed by atoms with van der Waals surface area (Å²) in [5.74, 6) is -0.469. The first-order valence-electron chi connectivity index (χ1n) is 7.81. The van der Waals surface area contributed by atoms with E-state index in [-0.39, 0.29) is 18.1 Å². The Balaban J connectivity index is 1.71. The van der Waals surface area contributed by atoms with Gasteiger partial charge in [-0.05, 0) is 30.3 Å². The summed E-state index contributed by atoms with van der Waals surface area (Å²) in [6.45, 7) is 1.43. The molecule has 0 unspecified atom stereocenters. The van der Waals surface area contributed by atoms with Crippen molar-refractivity contribution in [1.29, 1.82) is 0 Å². The zero-order valence-electron chi connectivity index (χ0n) is 13.6. The number of nitro groups is 1. The normalized spacial score (nSPS) is 13.9. The van der Waals surface area contributed by atoms with Gasteiger partial charge < -0.3 is 15.5 Å². The maximum Gasteiger partial charge on any atom is 0.269 e. The number of hydrogen-bond donors (Lipinski definition) is 2. The fourth-order valence-electron chi connectivity index (χ4n) is 2.62. The molecule has 1 saturated heterocycles. The molecule has 134 valence electrons. The highest BCUT2D eigenvalue weighted by atomic mass is 35.5. The average molecular weight is 375 g/mol. The standard InChI is InChI=1S/C17H15ClN4O4/c18-14-9-12(3-6-15(14)21-8-7-19-16(23)10-21)20-17(24)11-1-4-13(5-2-11)22(25)26/h1-6,9H,7-8,10H2,(H,19,23)(H,20,24). The molecule has 2 aromatic rings. The minimum atomic E-state index is -0.527. The van der Waals surface area contributed by atoms with Gasteiger partial charge in [-0.3, -0.25) is 19.7 Å². The van der Waals surface area contributed by atoms with Gasteiger partial charge in [0, 0.05) is 36.5 Å². The van der Waals surface area contributed by atoms with Crippen LogP contribution in [0.15, 0.2) is 42.5 Å². The molecule has 3 rings (SSSR count). The molecule has 0 aliphatic carbocycles. The number of hydrogen-bond acceptors (Lipinski definition) is 5. The highest BCUT2D eigenvalue weighted by molar-refractivity contribution is 6.33. The van der Waals surface area contributed by atoms with Crippen molar-refractivity contribution in [3.05, 3.63) is 63.2 Å². The predicted octanol–water partition coefficient (Wildman–Crippen LogP) is 2.44. The summed E-state index contributed by atoms with van der Waals surface area (Å²) in [4.78, 5) is 35.7. The fourth-order valence-corrected chi connectivity index (χ4v) is 2.92. The van der Waals surface area contributed by atoms with E-state index in [9.17, 15) is 19.7 Å². The molecule has 1 heterocycles. The van der Waals surface area contributed by atoms with Crippen molar-refractivity contribution in [2.75, 3.05) is 29.9 Å². The average Bonchev–Trinajstić information content (AvgIpc) is 2.62. The minimum absolute atomic E-state index is 0.0668. The van der Waals surface area contributed by atoms with E-state index in [0.717, 1.165) is 5.69 Å². The molecule has 0 aromatic heterocycles. The number of nitrogens with zero attached hydrogens (tertiary/aromatic N) is 2. The first-order valence-corrected chi connectivity index (χ1v) is 8.19. The van der Waals surface area contributed by atoms with Crippen LogP contribution >= 0.6 is 11.6 Å². The Hall–Kier alpha value is -3.13. The number of amides is 2. The van der Waals surface area contributed by atoms with Crippen LogP contribution in [0.2, 0.25) is 5.02 Å². The Labute approximate surface area is 153 Å². The lowest BCUT2D eigenvalue weighted by Crippen LogP contribution is -2.47. The van der Waals surface area contributed by atoms with Crippen molar-refractivity contribution in [3.8, 4) is 0 Å². The van der Waals surface area contributed by atoms with Gasteiger partial charge in [-0.1, -0.05) is 11.6 Å². The van der Waals surface area contributed by atoms with Crippen LogP contribution < -0.4 is 15.5 Å². The second-order valence-electron chi connectivity index (χ2n) is 5.70. The van der Waals surface area contributed by atoms with E-state index in [4.69, 9.17) is 11.6 Å². The Morgan fingerprint density at radius 3 is 2.58 bits per heavy atom. The van der Waals surface area contributed by atoms with Gasteiger partial charge in [0.05, 0.1) is 22.2 Å². The van der Waals surface area contributed by atoms with Crippen LogP contribution in [0.5, 0.6) is 0 Å². The molecule has 2 amide bonds. The number of carbonyl (C=O) groups is 2. The quantitative estimate of drug-likeness (QED) is 0.631. The minimum Gasteiger partial charge on any atom is -0.359 e. The predicted molar refractivity (Wildman–Crippen MR) is 97.7 cm³/mol. The van der Waals surface area contributed by atoms with Gasteiger partial charge in [0.15, 0.2) is 0 Å². The number of nitro benzene ring substituents is 1. The molecule has 1 aliphatic heterocycles. The fraction of sp³-hybridized carbons (Fsp3) is 0.176. The summed E-state index contributed by atoms with van der Waals surface area (Å²) in [7, 11) is 0. The van der Waals surface area contributed by atoms with Crippen LogP contribution in [-0.2, 0) is 4.79 Å². The number of rotatable bonds is 4. The van der Waals surface area contributed by atoms with Crippen molar-refractivity contribution in [2.45, 2.75) is 0 Å². The molecular formula is C17H15ClN4O4.